The number of benzene rings is 1. The molecule has 1 aromatic rings. The number of aliphatic hydroxyl groups is 1. The molecule has 0 saturated carbocycles. The topological polar surface area (TPSA) is 81.7 Å². The van der Waals surface area contributed by atoms with Gasteiger partial charge >= 0.3 is 0 Å². The van der Waals surface area contributed by atoms with E-state index in [0.717, 1.165) is 12.1 Å². The number of piperidine rings is 2. The third-order valence-electron chi connectivity index (χ3n) is 4.79. The first-order valence-corrected chi connectivity index (χ1v) is 8.32. The lowest BCUT2D eigenvalue weighted by Crippen LogP contribution is -2.47. The minimum absolute atomic E-state index is 0.111. The molecule has 25 heavy (non-hydrogen) atoms. The highest BCUT2D eigenvalue weighted by atomic mass is 19.1. The number of imide groups is 1. The molecular weight excluding hydrogens is 332 g/mol. The van der Waals surface area contributed by atoms with E-state index in [2.05, 4.69) is 10.6 Å². The highest BCUT2D eigenvalue weighted by molar-refractivity contribution is 6.01. The normalized spacial score (nSPS) is 23.4. The van der Waals surface area contributed by atoms with E-state index in [9.17, 15) is 23.5 Å². The van der Waals surface area contributed by atoms with Crippen LogP contribution in [0.2, 0.25) is 0 Å². The highest BCUT2D eigenvalue weighted by Gasteiger charge is 2.30. The summed E-state index contributed by atoms with van der Waals surface area (Å²) >= 11 is 0. The Morgan fingerprint density at radius 3 is 2.56 bits per heavy atom. The highest BCUT2D eigenvalue weighted by Crippen LogP contribution is 2.31. The second-order valence-electron chi connectivity index (χ2n) is 6.92. The van der Waals surface area contributed by atoms with Crippen molar-refractivity contribution in [3.8, 4) is 0 Å². The first-order valence-electron chi connectivity index (χ1n) is 8.32. The number of amides is 2. The van der Waals surface area contributed by atoms with Crippen molar-refractivity contribution in [2.45, 2.75) is 44.2 Å². The zero-order chi connectivity index (χ0) is 18.2. The molecule has 2 saturated heterocycles. The molecule has 2 aliphatic rings. The number of hydrogen-bond acceptors (Lipinski definition) is 5. The van der Waals surface area contributed by atoms with Crippen molar-refractivity contribution in [3.05, 3.63) is 23.8 Å². The van der Waals surface area contributed by atoms with Crippen LogP contribution in [0.25, 0.3) is 0 Å². The molecule has 6 nitrogen and oxygen atoms in total. The number of anilines is 2. The van der Waals surface area contributed by atoms with E-state index in [1.54, 1.807) is 11.8 Å². The molecule has 3 N–H and O–H groups in total. The molecule has 3 rings (SSSR count). The fourth-order valence-electron chi connectivity index (χ4n) is 3.14. The van der Waals surface area contributed by atoms with Crippen LogP contribution in [0, 0.1) is 11.6 Å². The van der Waals surface area contributed by atoms with Crippen molar-refractivity contribution >= 4 is 23.2 Å². The first-order chi connectivity index (χ1) is 11.7. The lowest BCUT2D eigenvalue weighted by Gasteiger charge is -2.37. The summed E-state index contributed by atoms with van der Waals surface area (Å²) in [5.41, 5.74) is -0.750. The van der Waals surface area contributed by atoms with Gasteiger partial charge in [0, 0.05) is 31.6 Å². The second kappa shape index (κ2) is 6.59. The van der Waals surface area contributed by atoms with E-state index < -0.39 is 29.2 Å². The average molecular weight is 353 g/mol. The summed E-state index contributed by atoms with van der Waals surface area (Å²) < 4.78 is 28.8. The summed E-state index contributed by atoms with van der Waals surface area (Å²) in [6.07, 6.45) is 1.34. The quantitative estimate of drug-likeness (QED) is 0.718. The van der Waals surface area contributed by atoms with Crippen LogP contribution in [0.15, 0.2) is 12.1 Å². The van der Waals surface area contributed by atoms with Gasteiger partial charge in [-0.25, -0.2) is 8.78 Å². The van der Waals surface area contributed by atoms with Gasteiger partial charge in [0.05, 0.1) is 17.0 Å². The van der Waals surface area contributed by atoms with Crippen molar-refractivity contribution in [1.29, 1.82) is 0 Å². The Kier molecular flexibility index (Phi) is 4.64. The van der Waals surface area contributed by atoms with Crippen molar-refractivity contribution in [3.63, 3.8) is 0 Å². The molecule has 136 valence electrons. The van der Waals surface area contributed by atoms with Crippen LogP contribution < -0.4 is 15.5 Å². The zero-order valence-corrected chi connectivity index (χ0v) is 13.9. The van der Waals surface area contributed by atoms with Crippen molar-refractivity contribution < 1.29 is 23.5 Å². The molecule has 1 unspecified atom stereocenters. The lowest BCUT2D eigenvalue weighted by atomic mass is 9.93. The summed E-state index contributed by atoms with van der Waals surface area (Å²) in [7, 11) is 0. The van der Waals surface area contributed by atoms with Crippen LogP contribution >= 0.6 is 0 Å². The van der Waals surface area contributed by atoms with Crippen LogP contribution in [0.5, 0.6) is 0 Å². The SMILES string of the molecule is CC1(O)CCN(c2cc(F)c(NC3CCC(=O)NC3=O)cc2F)CC1. The van der Waals surface area contributed by atoms with Crippen LogP contribution in [-0.2, 0) is 9.59 Å². The molecule has 1 aromatic carbocycles. The molecule has 2 aliphatic heterocycles. The van der Waals surface area contributed by atoms with Crippen molar-refractivity contribution in [2.75, 3.05) is 23.3 Å². The van der Waals surface area contributed by atoms with Crippen LogP contribution in [0.3, 0.4) is 0 Å². The summed E-state index contributed by atoms with van der Waals surface area (Å²) in [6.45, 7) is 2.60. The van der Waals surface area contributed by atoms with Gasteiger partial charge in [0.25, 0.3) is 0 Å². The first kappa shape index (κ1) is 17.6. The number of carbonyl (C=O) groups excluding carboxylic acids is 2. The maximum absolute atomic E-state index is 14.5. The second-order valence-corrected chi connectivity index (χ2v) is 6.92. The molecular formula is C17H21F2N3O3. The number of hydrogen-bond donors (Lipinski definition) is 3. The number of nitrogens with zero attached hydrogens (tertiary/aromatic N) is 1. The van der Waals surface area contributed by atoms with E-state index in [1.165, 1.54) is 0 Å². The van der Waals surface area contributed by atoms with Crippen LogP contribution in [0.4, 0.5) is 20.2 Å². The Morgan fingerprint density at radius 1 is 1.24 bits per heavy atom. The fourth-order valence-corrected chi connectivity index (χ4v) is 3.14. The Labute approximate surface area is 144 Å². The summed E-state index contributed by atoms with van der Waals surface area (Å²) in [5.74, 6) is -2.18. The number of rotatable bonds is 3. The molecule has 8 heteroatoms. The van der Waals surface area contributed by atoms with Crippen LogP contribution in [0.1, 0.15) is 32.6 Å². The maximum Gasteiger partial charge on any atom is 0.249 e. The number of halogens is 2. The monoisotopic (exact) mass is 353 g/mol. The molecule has 0 bridgehead atoms. The van der Waals surface area contributed by atoms with Gasteiger partial charge in [-0.15, -0.1) is 0 Å². The van der Waals surface area contributed by atoms with E-state index in [-0.39, 0.29) is 30.1 Å². The van der Waals surface area contributed by atoms with E-state index in [1.807, 2.05) is 0 Å². The number of nitrogens with one attached hydrogen (secondary N) is 2. The summed E-state index contributed by atoms with van der Waals surface area (Å²) in [6, 6.07) is 1.35. The summed E-state index contributed by atoms with van der Waals surface area (Å²) in [4.78, 5) is 24.6. The van der Waals surface area contributed by atoms with Crippen molar-refractivity contribution in [2.24, 2.45) is 0 Å². The Hall–Kier alpha value is -2.22. The summed E-state index contributed by atoms with van der Waals surface area (Å²) in [5, 5.41) is 14.8. The fraction of sp³-hybridized carbons (Fsp3) is 0.529. The molecule has 0 aromatic heterocycles. The van der Waals surface area contributed by atoms with Gasteiger partial charge in [0.15, 0.2) is 0 Å². The lowest BCUT2D eigenvalue weighted by molar-refractivity contribution is -0.133. The predicted molar refractivity (Wildman–Crippen MR) is 88.2 cm³/mol. The van der Waals surface area contributed by atoms with Crippen molar-refractivity contribution in [1.82, 2.24) is 5.32 Å². The third kappa shape index (κ3) is 3.89. The van der Waals surface area contributed by atoms with Gasteiger partial charge in [-0.1, -0.05) is 0 Å². The smallest absolute Gasteiger partial charge is 0.249 e. The molecule has 2 heterocycles. The molecule has 0 radical (unpaired) electrons. The molecule has 2 fully saturated rings. The Bertz CT molecular complexity index is 699. The minimum Gasteiger partial charge on any atom is -0.390 e. The standard InChI is InChI=1S/C17H21F2N3O3/c1-17(25)4-6-22(7-5-17)14-9-10(18)13(8-11(14)19)20-12-2-3-15(23)21-16(12)24/h8-9,12,20,25H,2-7H2,1H3,(H,21,23,24). The van der Waals surface area contributed by atoms with Crippen LogP contribution in [-0.4, -0.2) is 41.7 Å². The van der Waals surface area contributed by atoms with Gasteiger partial charge in [0.2, 0.25) is 11.8 Å². The maximum atomic E-state index is 14.5. The average Bonchev–Trinajstić information content (AvgIpc) is 2.53. The van der Waals surface area contributed by atoms with E-state index >= 15 is 0 Å². The largest absolute Gasteiger partial charge is 0.390 e. The Morgan fingerprint density at radius 2 is 1.92 bits per heavy atom. The number of carbonyl (C=O) groups is 2. The van der Waals surface area contributed by atoms with E-state index in [0.29, 0.717) is 25.9 Å². The van der Waals surface area contributed by atoms with Gasteiger partial charge in [-0.2, -0.15) is 0 Å². The van der Waals surface area contributed by atoms with Gasteiger partial charge in [-0.3, -0.25) is 14.9 Å². The minimum atomic E-state index is -0.779. The molecule has 1 atom stereocenters. The third-order valence-corrected chi connectivity index (χ3v) is 4.79. The zero-order valence-electron chi connectivity index (χ0n) is 13.9. The molecule has 0 aliphatic carbocycles. The van der Waals surface area contributed by atoms with E-state index in [4.69, 9.17) is 0 Å². The predicted octanol–water partition coefficient (Wildman–Crippen LogP) is 1.53. The van der Waals surface area contributed by atoms with Gasteiger partial charge in [-0.05, 0) is 26.2 Å². The Balaban J connectivity index is 1.74. The molecule has 0 spiro atoms. The molecule has 2 amide bonds. The van der Waals surface area contributed by atoms with Gasteiger partial charge < -0.3 is 15.3 Å². The van der Waals surface area contributed by atoms with Gasteiger partial charge in [0.1, 0.15) is 17.7 Å².